The molecule has 1 fully saturated rings. The summed E-state index contributed by atoms with van der Waals surface area (Å²) in [5.41, 5.74) is 0. The van der Waals surface area contributed by atoms with E-state index in [-0.39, 0.29) is 23.5 Å². The van der Waals surface area contributed by atoms with Crippen LogP contribution in [0.3, 0.4) is 0 Å². The van der Waals surface area contributed by atoms with Crippen molar-refractivity contribution in [1.82, 2.24) is 4.31 Å². The standard InChI is InChI=1S/C15H20BrNO4S/c1-3-21-15(18)11(2)10-17(13-6-7-13)22(19,20)14-8-4-12(16)5-9-14/h4-5,8-9,11,13H,3,6-7,10H2,1-2H3. The summed E-state index contributed by atoms with van der Waals surface area (Å²) in [6.07, 6.45) is 1.68. The minimum absolute atomic E-state index is 0.00877. The first-order valence-corrected chi connectivity index (χ1v) is 9.53. The molecule has 1 saturated carbocycles. The molecule has 2 rings (SSSR count). The van der Waals surface area contributed by atoms with Gasteiger partial charge in [0.05, 0.1) is 17.4 Å². The smallest absolute Gasteiger partial charge is 0.309 e. The molecular formula is C15H20BrNO4S. The fraction of sp³-hybridized carbons (Fsp3) is 0.533. The van der Waals surface area contributed by atoms with Crippen molar-refractivity contribution in [3.8, 4) is 0 Å². The number of ether oxygens (including phenoxy) is 1. The van der Waals surface area contributed by atoms with Crippen LogP contribution in [0.15, 0.2) is 33.6 Å². The molecule has 1 aliphatic rings. The molecule has 22 heavy (non-hydrogen) atoms. The van der Waals surface area contributed by atoms with Gasteiger partial charge in [-0.05, 0) is 44.0 Å². The molecule has 7 heteroatoms. The zero-order valence-electron chi connectivity index (χ0n) is 12.7. The van der Waals surface area contributed by atoms with Crippen LogP contribution >= 0.6 is 15.9 Å². The van der Waals surface area contributed by atoms with E-state index in [4.69, 9.17) is 4.74 Å². The summed E-state index contributed by atoms with van der Waals surface area (Å²) in [5.74, 6) is -0.843. The molecule has 0 bridgehead atoms. The molecule has 5 nitrogen and oxygen atoms in total. The summed E-state index contributed by atoms with van der Waals surface area (Å²) in [6.45, 7) is 3.89. The van der Waals surface area contributed by atoms with Crippen LogP contribution in [0.5, 0.6) is 0 Å². The summed E-state index contributed by atoms with van der Waals surface area (Å²) in [7, 11) is -3.59. The van der Waals surface area contributed by atoms with Crippen LogP contribution in [0.4, 0.5) is 0 Å². The minimum Gasteiger partial charge on any atom is -0.466 e. The third kappa shape index (κ3) is 4.08. The van der Waals surface area contributed by atoms with Crippen LogP contribution < -0.4 is 0 Å². The van der Waals surface area contributed by atoms with E-state index in [1.165, 1.54) is 4.31 Å². The first-order chi connectivity index (χ1) is 10.4. The first-order valence-electron chi connectivity index (χ1n) is 7.30. The lowest BCUT2D eigenvalue weighted by Gasteiger charge is -2.24. The van der Waals surface area contributed by atoms with Gasteiger partial charge < -0.3 is 4.74 Å². The van der Waals surface area contributed by atoms with E-state index >= 15 is 0 Å². The maximum absolute atomic E-state index is 12.8. The van der Waals surface area contributed by atoms with Crippen molar-refractivity contribution in [3.05, 3.63) is 28.7 Å². The molecule has 0 heterocycles. The maximum Gasteiger partial charge on any atom is 0.309 e. The summed E-state index contributed by atoms with van der Waals surface area (Å²) in [6, 6.07) is 6.54. The highest BCUT2D eigenvalue weighted by atomic mass is 79.9. The number of nitrogens with zero attached hydrogens (tertiary/aromatic N) is 1. The number of carbonyl (C=O) groups excluding carboxylic acids is 1. The Labute approximate surface area is 139 Å². The number of carbonyl (C=O) groups is 1. The van der Waals surface area contributed by atoms with Crippen LogP contribution in [0.1, 0.15) is 26.7 Å². The Balaban J connectivity index is 2.20. The molecule has 0 spiro atoms. The third-order valence-corrected chi connectivity index (χ3v) is 5.98. The monoisotopic (exact) mass is 389 g/mol. The molecule has 0 aromatic heterocycles. The largest absolute Gasteiger partial charge is 0.466 e. The molecule has 1 aromatic carbocycles. The Morgan fingerprint density at radius 2 is 1.95 bits per heavy atom. The third-order valence-electron chi connectivity index (χ3n) is 3.52. The number of hydrogen-bond acceptors (Lipinski definition) is 4. The van der Waals surface area contributed by atoms with Gasteiger partial charge in [0, 0.05) is 17.1 Å². The van der Waals surface area contributed by atoms with Gasteiger partial charge in [-0.1, -0.05) is 22.9 Å². The molecule has 1 aliphatic carbocycles. The molecule has 0 amide bonds. The number of hydrogen-bond donors (Lipinski definition) is 0. The molecule has 122 valence electrons. The summed E-state index contributed by atoms with van der Waals surface area (Å²) in [4.78, 5) is 12.0. The Morgan fingerprint density at radius 1 is 1.36 bits per heavy atom. The fourth-order valence-electron chi connectivity index (χ4n) is 2.18. The van der Waals surface area contributed by atoms with E-state index < -0.39 is 15.9 Å². The number of rotatable bonds is 7. The van der Waals surface area contributed by atoms with Crippen LogP contribution in [-0.4, -0.2) is 37.9 Å². The van der Waals surface area contributed by atoms with Crippen LogP contribution in [0, 0.1) is 5.92 Å². The SMILES string of the molecule is CCOC(=O)C(C)CN(C1CC1)S(=O)(=O)c1ccc(Br)cc1. The van der Waals surface area contributed by atoms with E-state index in [0.717, 1.165) is 17.3 Å². The predicted molar refractivity (Wildman–Crippen MR) is 86.9 cm³/mol. The summed E-state index contributed by atoms with van der Waals surface area (Å²) in [5, 5.41) is 0. The molecule has 1 atom stereocenters. The second kappa shape index (κ2) is 7.10. The van der Waals surface area contributed by atoms with Crippen LogP contribution in [-0.2, 0) is 19.6 Å². The molecule has 1 unspecified atom stereocenters. The predicted octanol–water partition coefficient (Wildman–Crippen LogP) is 2.80. The van der Waals surface area contributed by atoms with Gasteiger partial charge in [-0.3, -0.25) is 4.79 Å². The number of halogens is 1. The van der Waals surface area contributed by atoms with Gasteiger partial charge >= 0.3 is 5.97 Å². The lowest BCUT2D eigenvalue weighted by atomic mass is 10.2. The van der Waals surface area contributed by atoms with Gasteiger partial charge in [-0.2, -0.15) is 4.31 Å². The van der Waals surface area contributed by atoms with Gasteiger partial charge in [-0.25, -0.2) is 8.42 Å². The van der Waals surface area contributed by atoms with Gasteiger partial charge in [-0.15, -0.1) is 0 Å². The molecule has 0 aliphatic heterocycles. The topological polar surface area (TPSA) is 63.7 Å². The second-order valence-electron chi connectivity index (χ2n) is 5.41. The quantitative estimate of drug-likeness (QED) is 0.672. The fourth-order valence-corrected chi connectivity index (χ4v) is 4.22. The average Bonchev–Trinajstić information content (AvgIpc) is 3.29. The van der Waals surface area contributed by atoms with Crippen LogP contribution in [0.2, 0.25) is 0 Å². The Bertz CT molecular complexity index is 625. The van der Waals surface area contributed by atoms with E-state index in [1.807, 2.05) is 0 Å². The Morgan fingerprint density at radius 3 is 2.45 bits per heavy atom. The van der Waals surface area contributed by atoms with E-state index in [0.29, 0.717) is 6.61 Å². The number of esters is 1. The lowest BCUT2D eigenvalue weighted by molar-refractivity contribution is -0.147. The van der Waals surface area contributed by atoms with Crippen molar-refractivity contribution in [2.45, 2.75) is 37.6 Å². The molecular weight excluding hydrogens is 370 g/mol. The first kappa shape index (κ1) is 17.4. The highest BCUT2D eigenvalue weighted by Crippen LogP contribution is 2.33. The number of benzene rings is 1. The molecule has 0 N–H and O–H groups in total. The second-order valence-corrected chi connectivity index (χ2v) is 8.22. The van der Waals surface area contributed by atoms with Gasteiger partial charge in [0.2, 0.25) is 10.0 Å². The molecule has 0 saturated heterocycles. The lowest BCUT2D eigenvalue weighted by Crippen LogP contribution is -2.39. The van der Waals surface area contributed by atoms with Crippen molar-refractivity contribution < 1.29 is 17.9 Å². The highest BCUT2D eigenvalue weighted by molar-refractivity contribution is 9.10. The zero-order chi connectivity index (χ0) is 16.3. The van der Waals surface area contributed by atoms with Gasteiger partial charge in [0.25, 0.3) is 0 Å². The van der Waals surface area contributed by atoms with Crippen molar-refractivity contribution in [3.63, 3.8) is 0 Å². The summed E-state index contributed by atoms with van der Waals surface area (Å²) >= 11 is 3.30. The maximum atomic E-state index is 12.8. The van der Waals surface area contributed by atoms with E-state index in [2.05, 4.69) is 15.9 Å². The normalized spacial score (nSPS) is 16.5. The molecule has 0 radical (unpaired) electrons. The van der Waals surface area contributed by atoms with Gasteiger partial charge in [0.1, 0.15) is 0 Å². The molecule has 1 aromatic rings. The number of sulfonamides is 1. The zero-order valence-corrected chi connectivity index (χ0v) is 15.1. The Hall–Kier alpha value is -0.920. The summed E-state index contributed by atoms with van der Waals surface area (Å²) < 4.78 is 32.8. The van der Waals surface area contributed by atoms with Crippen molar-refractivity contribution in [2.75, 3.05) is 13.2 Å². The Kier molecular flexibility index (Phi) is 5.63. The van der Waals surface area contributed by atoms with Crippen molar-refractivity contribution >= 4 is 31.9 Å². The van der Waals surface area contributed by atoms with Gasteiger partial charge in [0.15, 0.2) is 0 Å². The average molecular weight is 390 g/mol. The minimum atomic E-state index is -3.59. The highest BCUT2D eigenvalue weighted by Gasteiger charge is 2.39. The van der Waals surface area contributed by atoms with Crippen molar-refractivity contribution in [1.29, 1.82) is 0 Å². The van der Waals surface area contributed by atoms with E-state index in [9.17, 15) is 13.2 Å². The van der Waals surface area contributed by atoms with Crippen molar-refractivity contribution in [2.24, 2.45) is 5.92 Å². The van der Waals surface area contributed by atoms with E-state index in [1.54, 1.807) is 38.1 Å². The van der Waals surface area contributed by atoms with Crippen LogP contribution in [0.25, 0.3) is 0 Å².